The van der Waals surface area contributed by atoms with Crippen molar-refractivity contribution >= 4 is 26.6 Å². The monoisotopic (exact) mass is 400 g/mol. The van der Waals surface area contributed by atoms with E-state index in [0.717, 1.165) is 36.3 Å². The number of nitriles is 1. The Morgan fingerprint density at radius 2 is 2.21 bits per heavy atom. The molecule has 0 amide bonds. The molecule has 8 nitrogen and oxygen atoms in total. The molecule has 0 radical (unpaired) electrons. The minimum Gasteiger partial charge on any atom is -0.345 e. The first-order chi connectivity index (χ1) is 13.5. The zero-order valence-corrected chi connectivity index (χ0v) is 16.7. The second-order valence-corrected chi connectivity index (χ2v) is 9.94. The predicted molar refractivity (Wildman–Crippen MR) is 105 cm³/mol. The summed E-state index contributed by atoms with van der Waals surface area (Å²) in [6.07, 6.45) is 6.92. The van der Waals surface area contributed by atoms with Crippen LogP contribution in [0.25, 0.3) is 16.8 Å². The molecular weight excluding hydrogens is 376 g/mol. The quantitative estimate of drug-likeness (QED) is 0.610. The van der Waals surface area contributed by atoms with Gasteiger partial charge in [0.2, 0.25) is 0 Å². The third-order valence-electron chi connectivity index (χ3n) is 5.85. The number of rotatable bonds is 7. The maximum absolute atomic E-state index is 12.4. The lowest BCUT2D eigenvalue weighted by Gasteiger charge is -2.16. The van der Waals surface area contributed by atoms with Gasteiger partial charge in [-0.3, -0.25) is 4.40 Å². The van der Waals surface area contributed by atoms with Gasteiger partial charge in [-0.15, -0.1) is 10.2 Å². The van der Waals surface area contributed by atoms with Gasteiger partial charge in [-0.1, -0.05) is 13.3 Å². The zero-order chi connectivity index (χ0) is 19.7. The van der Waals surface area contributed by atoms with E-state index in [1.165, 1.54) is 0 Å². The van der Waals surface area contributed by atoms with Gasteiger partial charge in [0, 0.05) is 18.5 Å². The molecule has 1 fully saturated rings. The molecule has 28 heavy (non-hydrogen) atoms. The fourth-order valence-electron chi connectivity index (χ4n) is 4.60. The Hall–Kier alpha value is -2.47. The molecule has 0 unspecified atom stereocenters. The first-order valence-corrected chi connectivity index (χ1v) is 11.6. The number of unbranched alkanes of at least 4 members (excludes halogenated alkanes) is 1. The van der Waals surface area contributed by atoms with E-state index in [9.17, 15) is 8.42 Å². The van der Waals surface area contributed by atoms with Crippen LogP contribution in [-0.2, 0) is 9.84 Å². The number of hydrogen-bond donors (Lipinski definition) is 1. The maximum Gasteiger partial charge on any atom is 0.179 e. The van der Waals surface area contributed by atoms with Crippen LogP contribution < -0.4 is 0 Å². The Bertz CT molecular complexity index is 1130. The molecule has 0 aliphatic heterocycles. The third-order valence-corrected chi connectivity index (χ3v) is 7.74. The molecule has 1 saturated carbocycles. The molecule has 3 aromatic rings. The minimum absolute atomic E-state index is 0.0992. The van der Waals surface area contributed by atoms with Crippen molar-refractivity contribution in [3.8, 4) is 6.07 Å². The Balaban J connectivity index is 1.59. The van der Waals surface area contributed by atoms with Crippen molar-refractivity contribution in [2.75, 3.05) is 11.5 Å². The highest BCUT2D eigenvalue weighted by Crippen LogP contribution is 2.45. The van der Waals surface area contributed by atoms with Gasteiger partial charge in [-0.2, -0.15) is 5.26 Å². The van der Waals surface area contributed by atoms with Gasteiger partial charge < -0.3 is 4.98 Å². The molecule has 9 heteroatoms. The summed E-state index contributed by atoms with van der Waals surface area (Å²) in [4.78, 5) is 7.49. The third kappa shape index (κ3) is 3.49. The molecule has 1 N–H and O–H groups in total. The molecule has 4 rings (SSSR count). The second kappa shape index (κ2) is 7.51. The fourth-order valence-corrected chi connectivity index (χ4v) is 6.34. The number of H-pyrrole nitrogens is 1. The largest absolute Gasteiger partial charge is 0.345 e. The Kier molecular flexibility index (Phi) is 5.06. The van der Waals surface area contributed by atoms with Crippen molar-refractivity contribution < 1.29 is 8.42 Å². The molecule has 0 bridgehead atoms. The van der Waals surface area contributed by atoms with Gasteiger partial charge in [-0.05, 0) is 37.2 Å². The molecule has 1 aliphatic rings. The van der Waals surface area contributed by atoms with Gasteiger partial charge in [0.1, 0.15) is 5.82 Å². The lowest BCUT2D eigenvalue weighted by Crippen LogP contribution is -2.17. The van der Waals surface area contributed by atoms with E-state index in [2.05, 4.69) is 31.5 Å². The molecule has 0 saturated heterocycles. The Labute approximate surface area is 163 Å². The van der Waals surface area contributed by atoms with Gasteiger partial charge in [0.05, 0.1) is 29.3 Å². The van der Waals surface area contributed by atoms with Crippen molar-refractivity contribution in [1.29, 1.82) is 5.26 Å². The van der Waals surface area contributed by atoms with E-state index in [1.807, 2.05) is 18.3 Å². The van der Waals surface area contributed by atoms with Crippen LogP contribution in [-0.4, -0.2) is 44.5 Å². The summed E-state index contributed by atoms with van der Waals surface area (Å²) in [6, 6.07) is 3.98. The summed E-state index contributed by atoms with van der Waals surface area (Å²) in [6.45, 7) is 2.15. The van der Waals surface area contributed by atoms with Crippen LogP contribution in [0.5, 0.6) is 0 Å². The maximum atomic E-state index is 12.4. The first-order valence-electron chi connectivity index (χ1n) is 9.77. The standard InChI is InChI=1S/C19H24N6O2S/c1-2-14-9-13(12-28(26,27)8-4-3-6-20)10-15(14)19-24-23-17-11-22-18-16(25(17)19)5-7-21-18/h5,7,11,13-15,21H,2-4,8-10,12H2,1H3/t13-,14+,15-/m0/s1. The van der Waals surface area contributed by atoms with Crippen LogP contribution in [0.3, 0.4) is 0 Å². The normalized spacial score (nSPS) is 22.8. The highest BCUT2D eigenvalue weighted by Gasteiger charge is 2.38. The fraction of sp³-hybridized carbons (Fsp3) is 0.579. The van der Waals surface area contributed by atoms with Crippen molar-refractivity contribution in [2.45, 2.75) is 44.9 Å². The van der Waals surface area contributed by atoms with Crippen molar-refractivity contribution in [3.05, 3.63) is 24.3 Å². The highest BCUT2D eigenvalue weighted by atomic mass is 32.2. The summed E-state index contributed by atoms with van der Waals surface area (Å²) >= 11 is 0. The molecular formula is C19H24N6O2S. The van der Waals surface area contributed by atoms with Crippen LogP contribution in [0, 0.1) is 23.2 Å². The second-order valence-electron chi connectivity index (χ2n) is 7.71. The van der Waals surface area contributed by atoms with E-state index >= 15 is 0 Å². The smallest absolute Gasteiger partial charge is 0.179 e. The number of nitrogens with zero attached hydrogens (tertiary/aromatic N) is 5. The number of nitrogens with one attached hydrogen (secondary N) is 1. The molecule has 3 atom stereocenters. The Morgan fingerprint density at radius 3 is 3.00 bits per heavy atom. The summed E-state index contributed by atoms with van der Waals surface area (Å²) in [5.74, 6) is 1.88. The van der Waals surface area contributed by atoms with Crippen LogP contribution in [0.15, 0.2) is 18.5 Å². The van der Waals surface area contributed by atoms with Crippen molar-refractivity contribution in [2.24, 2.45) is 11.8 Å². The Morgan fingerprint density at radius 1 is 1.36 bits per heavy atom. The summed E-state index contributed by atoms with van der Waals surface area (Å²) in [5, 5.41) is 17.4. The van der Waals surface area contributed by atoms with E-state index in [4.69, 9.17) is 5.26 Å². The molecule has 3 aromatic heterocycles. The predicted octanol–water partition coefficient (Wildman–Crippen LogP) is 2.84. The van der Waals surface area contributed by atoms with Gasteiger partial charge in [-0.25, -0.2) is 13.4 Å². The number of aromatic amines is 1. The lowest BCUT2D eigenvalue weighted by molar-refractivity contribution is 0.447. The van der Waals surface area contributed by atoms with Crippen molar-refractivity contribution in [3.63, 3.8) is 0 Å². The van der Waals surface area contributed by atoms with Gasteiger partial charge in [0.15, 0.2) is 21.1 Å². The van der Waals surface area contributed by atoms with E-state index < -0.39 is 9.84 Å². The molecule has 148 valence electrons. The minimum atomic E-state index is -3.14. The molecule has 0 spiro atoms. The number of hydrogen-bond acceptors (Lipinski definition) is 6. The highest BCUT2D eigenvalue weighted by molar-refractivity contribution is 7.91. The molecule has 0 aromatic carbocycles. The average molecular weight is 401 g/mol. The number of sulfone groups is 1. The lowest BCUT2D eigenvalue weighted by atomic mass is 9.93. The zero-order valence-electron chi connectivity index (χ0n) is 15.9. The SMILES string of the molecule is CC[C@@H]1C[C@H](CS(=O)(=O)CCCC#N)C[C@@H]1c1nnc2cnc3[nH]ccc3n12. The van der Waals surface area contributed by atoms with Crippen molar-refractivity contribution in [1.82, 2.24) is 24.6 Å². The summed E-state index contributed by atoms with van der Waals surface area (Å²) in [5.41, 5.74) is 2.45. The first kappa shape index (κ1) is 18.9. The van der Waals surface area contributed by atoms with Gasteiger partial charge >= 0.3 is 0 Å². The average Bonchev–Trinajstić information content (AvgIpc) is 3.37. The van der Waals surface area contributed by atoms with Crippen LogP contribution in [0.1, 0.15) is 50.8 Å². The van der Waals surface area contributed by atoms with Crippen LogP contribution in [0.2, 0.25) is 0 Å². The van der Waals surface area contributed by atoms with E-state index in [0.29, 0.717) is 18.0 Å². The number of aromatic nitrogens is 5. The summed E-state index contributed by atoms with van der Waals surface area (Å²) < 4.78 is 26.9. The summed E-state index contributed by atoms with van der Waals surface area (Å²) in [7, 11) is -3.14. The topological polar surface area (TPSA) is 117 Å². The molecule has 3 heterocycles. The van der Waals surface area contributed by atoms with Crippen LogP contribution in [0.4, 0.5) is 0 Å². The van der Waals surface area contributed by atoms with E-state index in [1.54, 1.807) is 6.20 Å². The van der Waals surface area contributed by atoms with Gasteiger partial charge in [0.25, 0.3) is 0 Å². The molecule has 1 aliphatic carbocycles. The number of fused-ring (bicyclic) bond motifs is 3. The van der Waals surface area contributed by atoms with Crippen LogP contribution >= 0.6 is 0 Å². The van der Waals surface area contributed by atoms with E-state index in [-0.39, 0.29) is 29.8 Å².